The molecule has 1 aromatic rings. The summed E-state index contributed by atoms with van der Waals surface area (Å²) in [6.45, 7) is -1.40. The first-order chi connectivity index (χ1) is 9.83. The van der Waals surface area contributed by atoms with Crippen LogP contribution >= 0.6 is 15.9 Å². The number of hydrogen-bond acceptors (Lipinski definition) is 4. The molecule has 0 radical (unpaired) electrons. The third-order valence-electron chi connectivity index (χ3n) is 3.76. The molecule has 1 N–H and O–H groups in total. The van der Waals surface area contributed by atoms with E-state index in [4.69, 9.17) is 4.74 Å². The van der Waals surface area contributed by atoms with E-state index >= 15 is 0 Å². The highest BCUT2D eigenvalue weighted by molar-refractivity contribution is 9.10. The van der Waals surface area contributed by atoms with E-state index in [2.05, 4.69) is 26.3 Å². The van der Waals surface area contributed by atoms with Crippen LogP contribution in [0.2, 0.25) is 0 Å². The molecule has 21 heavy (non-hydrogen) atoms. The summed E-state index contributed by atoms with van der Waals surface area (Å²) in [6, 6.07) is 0.0692. The van der Waals surface area contributed by atoms with Crippen LogP contribution in [-0.4, -0.2) is 34.2 Å². The second kappa shape index (κ2) is 5.28. The summed E-state index contributed by atoms with van der Waals surface area (Å²) < 4.78 is 43.1. The topological polar surface area (TPSA) is 56.1 Å². The van der Waals surface area contributed by atoms with Gasteiger partial charge in [0.2, 0.25) is 0 Å². The van der Waals surface area contributed by atoms with Crippen molar-refractivity contribution in [1.82, 2.24) is 9.78 Å². The minimum absolute atomic E-state index is 0.0597. The fourth-order valence-corrected chi connectivity index (χ4v) is 3.26. The van der Waals surface area contributed by atoms with Crippen molar-refractivity contribution >= 4 is 21.6 Å². The molecule has 0 aromatic carbocycles. The van der Waals surface area contributed by atoms with Crippen LogP contribution in [-0.2, 0) is 11.3 Å². The minimum atomic E-state index is -4.48. The van der Waals surface area contributed by atoms with E-state index in [9.17, 15) is 18.0 Å². The first-order valence-electron chi connectivity index (χ1n) is 6.58. The van der Waals surface area contributed by atoms with Gasteiger partial charge in [-0.15, -0.1) is 0 Å². The van der Waals surface area contributed by atoms with E-state index in [1.807, 2.05) is 0 Å². The Morgan fingerprint density at radius 2 is 2.24 bits per heavy atom. The van der Waals surface area contributed by atoms with Gasteiger partial charge in [0.1, 0.15) is 11.0 Å². The molecule has 2 bridgehead atoms. The molecule has 0 saturated carbocycles. The average molecular weight is 368 g/mol. The van der Waals surface area contributed by atoms with Crippen molar-refractivity contribution in [2.45, 2.75) is 50.2 Å². The molecule has 3 unspecified atom stereocenters. The first kappa shape index (κ1) is 14.8. The van der Waals surface area contributed by atoms with Gasteiger partial charge in [-0.1, -0.05) is 0 Å². The summed E-state index contributed by atoms with van der Waals surface area (Å²) in [6.07, 6.45) is -0.0758. The Morgan fingerprint density at radius 1 is 1.48 bits per heavy atom. The summed E-state index contributed by atoms with van der Waals surface area (Å²) in [7, 11) is 0. The molecule has 1 aromatic heterocycles. The SMILES string of the molecule is O=c1c(Br)c(NC2CC3CCC2O3)cnn1CC(F)(F)F. The monoisotopic (exact) mass is 367 g/mol. The van der Waals surface area contributed by atoms with Crippen LogP contribution in [0.3, 0.4) is 0 Å². The molecule has 2 aliphatic heterocycles. The molecule has 3 rings (SSSR count). The molecule has 3 atom stereocenters. The number of aromatic nitrogens is 2. The van der Waals surface area contributed by atoms with Gasteiger partial charge >= 0.3 is 6.18 Å². The van der Waals surface area contributed by atoms with Gasteiger partial charge in [0.15, 0.2) is 0 Å². The molecule has 2 aliphatic rings. The number of rotatable bonds is 3. The summed E-state index contributed by atoms with van der Waals surface area (Å²) in [5.41, 5.74) is -0.402. The lowest BCUT2D eigenvalue weighted by Gasteiger charge is -2.21. The van der Waals surface area contributed by atoms with Gasteiger partial charge in [0.05, 0.1) is 30.1 Å². The Hall–Kier alpha value is -1.09. The number of alkyl halides is 3. The van der Waals surface area contributed by atoms with Crippen LogP contribution in [0, 0.1) is 0 Å². The molecular weight excluding hydrogens is 355 g/mol. The van der Waals surface area contributed by atoms with E-state index in [0.717, 1.165) is 19.3 Å². The zero-order valence-corrected chi connectivity index (χ0v) is 12.4. The van der Waals surface area contributed by atoms with Gasteiger partial charge in [-0.2, -0.15) is 18.3 Å². The Morgan fingerprint density at radius 3 is 2.81 bits per heavy atom. The van der Waals surface area contributed by atoms with Crippen LogP contribution < -0.4 is 10.9 Å². The van der Waals surface area contributed by atoms with E-state index in [1.54, 1.807) is 0 Å². The quantitative estimate of drug-likeness (QED) is 0.890. The second-order valence-electron chi connectivity index (χ2n) is 5.31. The first-order valence-corrected chi connectivity index (χ1v) is 7.37. The Bertz CT molecular complexity index is 604. The van der Waals surface area contributed by atoms with Crippen molar-refractivity contribution in [2.75, 3.05) is 5.32 Å². The molecule has 5 nitrogen and oxygen atoms in total. The second-order valence-corrected chi connectivity index (χ2v) is 6.10. The highest BCUT2D eigenvalue weighted by atomic mass is 79.9. The van der Waals surface area contributed by atoms with Crippen LogP contribution in [0.1, 0.15) is 19.3 Å². The van der Waals surface area contributed by atoms with E-state index in [-0.39, 0.29) is 22.7 Å². The smallest absolute Gasteiger partial charge is 0.377 e. The predicted octanol–water partition coefficient (Wildman–Crippen LogP) is 2.30. The number of nitrogens with one attached hydrogen (secondary N) is 1. The summed E-state index contributed by atoms with van der Waals surface area (Å²) in [5.74, 6) is 0. The number of fused-ring (bicyclic) bond motifs is 2. The minimum Gasteiger partial charge on any atom is -0.377 e. The fourth-order valence-electron chi connectivity index (χ4n) is 2.84. The van der Waals surface area contributed by atoms with Crippen LogP contribution in [0.15, 0.2) is 15.5 Å². The van der Waals surface area contributed by atoms with E-state index in [0.29, 0.717) is 10.4 Å². The third kappa shape index (κ3) is 3.08. The van der Waals surface area contributed by atoms with Crippen LogP contribution in [0.5, 0.6) is 0 Å². The van der Waals surface area contributed by atoms with Gasteiger partial charge in [-0.25, -0.2) is 4.68 Å². The van der Waals surface area contributed by atoms with Crippen molar-refractivity contribution in [2.24, 2.45) is 0 Å². The Kier molecular flexibility index (Phi) is 3.73. The maximum atomic E-state index is 12.3. The molecule has 0 spiro atoms. The molecule has 2 saturated heterocycles. The van der Waals surface area contributed by atoms with Crippen molar-refractivity contribution in [1.29, 1.82) is 0 Å². The number of nitrogens with zero attached hydrogens (tertiary/aromatic N) is 2. The predicted molar refractivity (Wildman–Crippen MR) is 72.2 cm³/mol. The van der Waals surface area contributed by atoms with Gasteiger partial charge < -0.3 is 10.1 Å². The van der Waals surface area contributed by atoms with Crippen molar-refractivity contribution in [3.63, 3.8) is 0 Å². The molecule has 2 fully saturated rings. The van der Waals surface area contributed by atoms with Crippen molar-refractivity contribution in [3.05, 3.63) is 21.0 Å². The molecule has 116 valence electrons. The lowest BCUT2D eigenvalue weighted by Crippen LogP contribution is -2.34. The van der Waals surface area contributed by atoms with Crippen LogP contribution in [0.4, 0.5) is 18.9 Å². The van der Waals surface area contributed by atoms with Gasteiger partial charge in [0.25, 0.3) is 5.56 Å². The summed E-state index contributed by atoms with van der Waals surface area (Å²) >= 11 is 3.05. The van der Waals surface area contributed by atoms with Gasteiger partial charge in [0, 0.05) is 0 Å². The molecule has 0 aliphatic carbocycles. The highest BCUT2D eigenvalue weighted by Gasteiger charge is 2.41. The summed E-state index contributed by atoms with van der Waals surface area (Å²) in [5, 5.41) is 6.72. The Labute approximate surface area is 126 Å². The van der Waals surface area contributed by atoms with Crippen molar-refractivity contribution in [3.8, 4) is 0 Å². The van der Waals surface area contributed by atoms with E-state index in [1.165, 1.54) is 6.20 Å². The standard InChI is InChI=1S/C12H13BrF3N3O2/c13-10-8(18-7-3-6-1-2-9(7)21-6)4-17-19(11(10)20)5-12(14,15)16/h4,6-7,9,18H,1-3,5H2. The zero-order valence-electron chi connectivity index (χ0n) is 10.9. The Balaban J connectivity index is 1.78. The lowest BCUT2D eigenvalue weighted by atomic mass is 9.95. The van der Waals surface area contributed by atoms with Crippen LogP contribution in [0.25, 0.3) is 0 Å². The van der Waals surface area contributed by atoms with Gasteiger partial charge in [-0.3, -0.25) is 4.79 Å². The lowest BCUT2D eigenvalue weighted by molar-refractivity contribution is -0.143. The third-order valence-corrected chi connectivity index (χ3v) is 4.53. The number of hydrogen-bond donors (Lipinski definition) is 1. The molecule has 9 heteroatoms. The molecular formula is C12H13BrF3N3O2. The maximum Gasteiger partial charge on any atom is 0.408 e. The zero-order chi connectivity index (χ0) is 15.2. The largest absolute Gasteiger partial charge is 0.408 e. The molecule has 0 amide bonds. The number of halogens is 4. The fraction of sp³-hybridized carbons (Fsp3) is 0.667. The summed E-state index contributed by atoms with van der Waals surface area (Å²) in [4.78, 5) is 11.9. The normalized spacial score (nSPS) is 28.1. The molecule has 3 heterocycles. The van der Waals surface area contributed by atoms with Gasteiger partial charge in [-0.05, 0) is 35.2 Å². The number of ether oxygens (including phenoxy) is 1. The maximum absolute atomic E-state index is 12.3. The highest BCUT2D eigenvalue weighted by Crippen LogP contribution is 2.36. The average Bonchev–Trinajstić information content (AvgIpc) is 2.99. The van der Waals surface area contributed by atoms with Crippen molar-refractivity contribution < 1.29 is 17.9 Å². The van der Waals surface area contributed by atoms with E-state index < -0.39 is 18.3 Å². The number of anilines is 1.